The van der Waals surface area contributed by atoms with Crippen LogP contribution in [0.2, 0.25) is 0 Å². The molecule has 1 N–H and O–H groups in total. The molecular formula is C19H24O2. The molecule has 21 heavy (non-hydrogen) atoms. The van der Waals surface area contributed by atoms with E-state index in [1.807, 2.05) is 37.3 Å². The van der Waals surface area contributed by atoms with Crippen LogP contribution in [0.25, 0.3) is 0 Å². The van der Waals surface area contributed by atoms with Gasteiger partial charge in [-0.05, 0) is 37.3 Å². The first-order valence-corrected chi connectivity index (χ1v) is 7.75. The smallest absolute Gasteiger partial charge is 0.125 e. The lowest BCUT2D eigenvalue weighted by atomic mass is 10.1. The second kappa shape index (κ2) is 8.48. The molecule has 0 aliphatic heterocycles. The third-order valence-corrected chi connectivity index (χ3v) is 3.62. The Labute approximate surface area is 127 Å². The number of hydrogen-bond acceptors (Lipinski definition) is 2. The van der Waals surface area contributed by atoms with Gasteiger partial charge in [0.2, 0.25) is 0 Å². The lowest BCUT2D eigenvalue weighted by Crippen LogP contribution is -2.03. The molecule has 112 valence electrons. The van der Waals surface area contributed by atoms with Gasteiger partial charge in [-0.1, -0.05) is 55.5 Å². The maximum Gasteiger partial charge on any atom is 0.125 e. The van der Waals surface area contributed by atoms with Crippen molar-refractivity contribution in [2.24, 2.45) is 0 Å². The van der Waals surface area contributed by atoms with E-state index in [-0.39, 0.29) is 0 Å². The number of aliphatic hydroxyl groups is 1. The van der Waals surface area contributed by atoms with Crippen molar-refractivity contribution < 1.29 is 9.84 Å². The molecule has 0 spiro atoms. The Morgan fingerprint density at radius 2 is 1.67 bits per heavy atom. The standard InChI is InChI=1S/C19H24O2/c1-2-18(20)17-13-6-7-14-19(17)21-15-9-8-12-16-10-4-3-5-11-16/h3-7,10-11,13-14,18,20H,2,8-9,12,15H2,1H3/t18-/m0/s1. The monoisotopic (exact) mass is 284 g/mol. The molecule has 2 nitrogen and oxygen atoms in total. The molecule has 0 aliphatic rings. The van der Waals surface area contributed by atoms with Gasteiger partial charge in [0.25, 0.3) is 0 Å². The van der Waals surface area contributed by atoms with Crippen LogP contribution >= 0.6 is 0 Å². The Morgan fingerprint density at radius 3 is 2.43 bits per heavy atom. The van der Waals surface area contributed by atoms with Gasteiger partial charge in [-0.25, -0.2) is 0 Å². The minimum atomic E-state index is -0.439. The van der Waals surface area contributed by atoms with E-state index in [1.165, 1.54) is 5.56 Å². The molecule has 2 aromatic carbocycles. The van der Waals surface area contributed by atoms with Crippen molar-refractivity contribution in [1.82, 2.24) is 0 Å². The summed E-state index contributed by atoms with van der Waals surface area (Å²) >= 11 is 0. The number of aryl methyl sites for hydroxylation is 1. The first-order chi connectivity index (χ1) is 10.3. The number of benzene rings is 2. The minimum absolute atomic E-state index is 0.439. The van der Waals surface area contributed by atoms with Crippen LogP contribution < -0.4 is 4.74 Å². The number of unbranched alkanes of at least 4 members (excludes halogenated alkanes) is 1. The fourth-order valence-corrected chi connectivity index (χ4v) is 2.37. The van der Waals surface area contributed by atoms with E-state index < -0.39 is 6.10 Å². The van der Waals surface area contributed by atoms with E-state index in [0.717, 1.165) is 30.6 Å². The Hall–Kier alpha value is -1.80. The Balaban J connectivity index is 1.76. The van der Waals surface area contributed by atoms with Gasteiger partial charge in [0.15, 0.2) is 0 Å². The zero-order valence-electron chi connectivity index (χ0n) is 12.7. The van der Waals surface area contributed by atoms with Crippen molar-refractivity contribution >= 4 is 0 Å². The van der Waals surface area contributed by atoms with Crippen LogP contribution in [-0.2, 0) is 6.42 Å². The van der Waals surface area contributed by atoms with Crippen molar-refractivity contribution in [3.8, 4) is 5.75 Å². The number of rotatable bonds is 8. The quantitative estimate of drug-likeness (QED) is 0.722. The summed E-state index contributed by atoms with van der Waals surface area (Å²) in [7, 11) is 0. The minimum Gasteiger partial charge on any atom is -0.493 e. The van der Waals surface area contributed by atoms with Gasteiger partial charge in [-0.15, -0.1) is 0 Å². The Kier molecular flexibility index (Phi) is 6.29. The van der Waals surface area contributed by atoms with Crippen molar-refractivity contribution in [1.29, 1.82) is 0 Å². The first kappa shape index (κ1) is 15.6. The van der Waals surface area contributed by atoms with Crippen molar-refractivity contribution in [2.45, 2.75) is 38.7 Å². The molecule has 2 heteroatoms. The van der Waals surface area contributed by atoms with E-state index in [4.69, 9.17) is 4.74 Å². The average Bonchev–Trinajstić information content (AvgIpc) is 2.55. The zero-order chi connectivity index (χ0) is 14.9. The lowest BCUT2D eigenvalue weighted by molar-refractivity contribution is 0.167. The van der Waals surface area contributed by atoms with Crippen LogP contribution in [0.15, 0.2) is 54.6 Å². The molecule has 0 radical (unpaired) electrons. The Morgan fingerprint density at radius 1 is 0.952 bits per heavy atom. The summed E-state index contributed by atoms with van der Waals surface area (Å²) in [6, 6.07) is 18.3. The van der Waals surface area contributed by atoms with Gasteiger partial charge < -0.3 is 9.84 Å². The van der Waals surface area contributed by atoms with Crippen LogP contribution in [-0.4, -0.2) is 11.7 Å². The van der Waals surface area contributed by atoms with Crippen molar-refractivity contribution in [3.05, 3.63) is 65.7 Å². The summed E-state index contributed by atoms with van der Waals surface area (Å²) in [5.74, 6) is 0.812. The molecule has 0 amide bonds. The SMILES string of the molecule is CC[C@H](O)c1ccccc1OCCCCc1ccccc1. The summed E-state index contributed by atoms with van der Waals surface area (Å²) in [5, 5.41) is 9.98. The van der Waals surface area contributed by atoms with Gasteiger partial charge >= 0.3 is 0 Å². The molecule has 0 saturated heterocycles. The second-order valence-electron chi connectivity index (χ2n) is 5.25. The molecule has 0 bridgehead atoms. The van der Waals surface area contributed by atoms with Crippen molar-refractivity contribution in [3.63, 3.8) is 0 Å². The van der Waals surface area contributed by atoms with Crippen LogP contribution in [0, 0.1) is 0 Å². The largest absolute Gasteiger partial charge is 0.493 e. The van der Waals surface area contributed by atoms with Gasteiger partial charge in [-0.3, -0.25) is 0 Å². The fourth-order valence-electron chi connectivity index (χ4n) is 2.37. The van der Waals surface area contributed by atoms with Gasteiger partial charge in [0.1, 0.15) is 5.75 Å². The highest BCUT2D eigenvalue weighted by atomic mass is 16.5. The first-order valence-electron chi connectivity index (χ1n) is 7.75. The fraction of sp³-hybridized carbons (Fsp3) is 0.368. The number of para-hydroxylation sites is 1. The number of aliphatic hydroxyl groups excluding tert-OH is 1. The molecule has 1 atom stereocenters. The zero-order valence-corrected chi connectivity index (χ0v) is 12.7. The molecule has 0 heterocycles. The predicted octanol–water partition coefficient (Wildman–Crippen LogP) is 4.53. The highest BCUT2D eigenvalue weighted by Gasteiger charge is 2.10. The van der Waals surface area contributed by atoms with Crippen LogP contribution in [0.1, 0.15) is 43.4 Å². The maximum atomic E-state index is 9.98. The number of hydrogen-bond donors (Lipinski definition) is 1. The highest BCUT2D eigenvalue weighted by Crippen LogP contribution is 2.27. The van der Waals surface area contributed by atoms with Gasteiger partial charge in [0, 0.05) is 5.56 Å². The third kappa shape index (κ3) is 4.91. The van der Waals surface area contributed by atoms with Crippen LogP contribution in [0.5, 0.6) is 5.75 Å². The Bertz CT molecular complexity index is 522. The molecule has 2 aromatic rings. The van der Waals surface area contributed by atoms with Crippen LogP contribution in [0.3, 0.4) is 0 Å². The van der Waals surface area contributed by atoms with E-state index in [9.17, 15) is 5.11 Å². The van der Waals surface area contributed by atoms with Gasteiger partial charge in [0.05, 0.1) is 12.7 Å². The van der Waals surface area contributed by atoms with E-state index in [1.54, 1.807) is 0 Å². The molecule has 2 rings (SSSR count). The highest BCUT2D eigenvalue weighted by molar-refractivity contribution is 5.34. The number of ether oxygens (including phenoxy) is 1. The van der Waals surface area contributed by atoms with Gasteiger partial charge in [-0.2, -0.15) is 0 Å². The predicted molar refractivity (Wildman–Crippen MR) is 86.6 cm³/mol. The summed E-state index contributed by atoms with van der Waals surface area (Å²) in [6.07, 6.45) is 3.48. The lowest BCUT2D eigenvalue weighted by Gasteiger charge is -2.14. The van der Waals surface area contributed by atoms with E-state index in [2.05, 4.69) is 24.3 Å². The molecular weight excluding hydrogens is 260 g/mol. The molecule has 0 unspecified atom stereocenters. The van der Waals surface area contributed by atoms with E-state index >= 15 is 0 Å². The van der Waals surface area contributed by atoms with E-state index in [0.29, 0.717) is 13.0 Å². The van der Waals surface area contributed by atoms with Crippen LogP contribution in [0.4, 0.5) is 0 Å². The third-order valence-electron chi connectivity index (χ3n) is 3.62. The topological polar surface area (TPSA) is 29.5 Å². The second-order valence-corrected chi connectivity index (χ2v) is 5.25. The summed E-state index contributed by atoms with van der Waals surface area (Å²) in [6.45, 7) is 2.67. The summed E-state index contributed by atoms with van der Waals surface area (Å²) in [4.78, 5) is 0. The average molecular weight is 284 g/mol. The maximum absolute atomic E-state index is 9.98. The summed E-state index contributed by atoms with van der Waals surface area (Å²) < 4.78 is 5.84. The molecule has 0 fully saturated rings. The normalized spacial score (nSPS) is 12.1. The molecule has 0 saturated carbocycles. The molecule has 0 aliphatic carbocycles. The summed E-state index contributed by atoms with van der Waals surface area (Å²) in [5.41, 5.74) is 2.27. The van der Waals surface area contributed by atoms with Crippen molar-refractivity contribution in [2.75, 3.05) is 6.61 Å². The molecule has 0 aromatic heterocycles.